The van der Waals surface area contributed by atoms with E-state index in [-0.39, 0.29) is 5.91 Å². The molecule has 4 rings (SSSR count). The second-order valence-electron chi connectivity index (χ2n) is 4.47. The van der Waals surface area contributed by atoms with Crippen LogP contribution in [0.25, 0.3) is 15.5 Å². The minimum Gasteiger partial charge on any atom is -0.321 e. The number of benzene rings is 1. The predicted molar refractivity (Wildman–Crippen MR) is 86.4 cm³/mol. The van der Waals surface area contributed by atoms with Crippen LogP contribution in [0.15, 0.2) is 48.1 Å². The smallest absolute Gasteiger partial charge is 0.265 e. The zero-order chi connectivity index (χ0) is 14.9. The van der Waals surface area contributed by atoms with Crippen LogP contribution in [0.4, 0.5) is 5.69 Å². The average Bonchev–Trinajstić information content (AvgIpc) is 3.24. The summed E-state index contributed by atoms with van der Waals surface area (Å²) in [6.45, 7) is 0. The maximum atomic E-state index is 12.0. The Morgan fingerprint density at radius 2 is 2.05 bits per heavy atom. The summed E-state index contributed by atoms with van der Waals surface area (Å²) in [5.74, 6) is -0.0958. The quantitative estimate of drug-likeness (QED) is 0.627. The Balaban J connectivity index is 1.55. The average molecular weight is 327 g/mol. The molecule has 0 saturated carbocycles. The van der Waals surface area contributed by atoms with Gasteiger partial charge < -0.3 is 5.32 Å². The third kappa shape index (κ3) is 2.38. The molecule has 0 aliphatic heterocycles. The van der Waals surface area contributed by atoms with Gasteiger partial charge in [-0.2, -0.15) is 9.61 Å². The number of nitrogens with zero attached hydrogens (tertiary/aromatic N) is 4. The van der Waals surface area contributed by atoms with Crippen molar-refractivity contribution in [3.05, 3.63) is 53.0 Å². The summed E-state index contributed by atoms with van der Waals surface area (Å²) in [5, 5.41) is 17.8. The van der Waals surface area contributed by atoms with E-state index in [4.69, 9.17) is 0 Å². The fourth-order valence-corrected chi connectivity index (χ4v) is 3.42. The number of hydrogen-bond acceptors (Lipinski definition) is 6. The van der Waals surface area contributed by atoms with Gasteiger partial charge in [0.25, 0.3) is 5.91 Å². The third-order valence-corrected chi connectivity index (χ3v) is 4.85. The van der Waals surface area contributed by atoms with Gasteiger partial charge in [0.05, 0.1) is 4.88 Å². The van der Waals surface area contributed by atoms with Crippen LogP contribution >= 0.6 is 22.7 Å². The van der Waals surface area contributed by atoms with Crippen LogP contribution in [0, 0.1) is 0 Å². The number of thiophene rings is 1. The van der Waals surface area contributed by atoms with Crippen molar-refractivity contribution in [2.75, 3.05) is 5.32 Å². The van der Waals surface area contributed by atoms with Crippen molar-refractivity contribution >= 4 is 39.2 Å². The van der Waals surface area contributed by atoms with Crippen LogP contribution in [0.1, 0.15) is 9.67 Å². The van der Waals surface area contributed by atoms with Crippen molar-refractivity contribution in [3.8, 4) is 10.6 Å². The molecule has 0 aliphatic rings. The van der Waals surface area contributed by atoms with Gasteiger partial charge in [-0.1, -0.05) is 17.4 Å². The third-order valence-electron chi connectivity index (χ3n) is 3.02. The molecule has 0 unspecified atom stereocenters. The zero-order valence-corrected chi connectivity index (χ0v) is 12.8. The zero-order valence-electron chi connectivity index (χ0n) is 11.1. The van der Waals surface area contributed by atoms with E-state index in [1.165, 1.54) is 22.7 Å². The molecule has 22 heavy (non-hydrogen) atoms. The van der Waals surface area contributed by atoms with Gasteiger partial charge in [0.2, 0.25) is 4.96 Å². The highest BCUT2D eigenvalue weighted by Crippen LogP contribution is 2.26. The lowest BCUT2D eigenvalue weighted by Gasteiger charge is -2.04. The molecule has 8 heteroatoms. The predicted octanol–water partition coefficient (Wildman–Crippen LogP) is 3.17. The highest BCUT2D eigenvalue weighted by molar-refractivity contribution is 7.19. The monoisotopic (exact) mass is 327 g/mol. The van der Waals surface area contributed by atoms with Crippen molar-refractivity contribution < 1.29 is 4.79 Å². The molecule has 0 saturated heterocycles. The number of nitrogens with one attached hydrogen (secondary N) is 1. The molecule has 6 nitrogen and oxygen atoms in total. The minimum absolute atomic E-state index is 0.0958. The summed E-state index contributed by atoms with van der Waals surface area (Å²) in [5.41, 5.74) is 1.73. The number of hydrogen-bond donors (Lipinski definition) is 1. The topological polar surface area (TPSA) is 72.2 Å². The van der Waals surface area contributed by atoms with E-state index in [0.29, 0.717) is 4.88 Å². The van der Waals surface area contributed by atoms with Crippen LogP contribution in [0.3, 0.4) is 0 Å². The molecule has 108 valence electrons. The van der Waals surface area contributed by atoms with Crippen molar-refractivity contribution in [1.29, 1.82) is 0 Å². The Hall–Kier alpha value is -2.58. The number of fused-ring (bicyclic) bond motifs is 1. The molecule has 4 aromatic rings. The Bertz CT molecular complexity index is 895. The Morgan fingerprint density at radius 3 is 2.77 bits per heavy atom. The molecule has 1 aromatic carbocycles. The standard InChI is InChI=1S/C14H9N5OS2/c20-12(11-2-1-7-21-11)16-10-5-3-9(4-6-10)13-18-19-8-15-17-14(19)22-13/h1-8H,(H,16,20). The van der Waals surface area contributed by atoms with E-state index in [9.17, 15) is 4.79 Å². The summed E-state index contributed by atoms with van der Waals surface area (Å²) in [4.78, 5) is 13.4. The molecule has 0 radical (unpaired) electrons. The maximum Gasteiger partial charge on any atom is 0.265 e. The second kappa shape index (κ2) is 5.32. The molecular weight excluding hydrogens is 318 g/mol. The Kier molecular flexibility index (Phi) is 3.17. The van der Waals surface area contributed by atoms with Crippen LogP contribution in [-0.2, 0) is 0 Å². The largest absolute Gasteiger partial charge is 0.321 e. The van der Waals surface area contributed by atoms with Gasteiger partial charge in [-0.05, 0) is 35.7 Å². The van der Waals surface area contributed by atoms with Crippen LogP contribution in [0.5, 0.6) is 0 Å². The van der Waals surface area contributed by atoms with E-state index in [1.807, 2.05) is 35.7 Å². The Morgan fingerprint density at radius 1 is 1.18 bits per heavy atom. The molecule has 0 spiro atoms. The fraction of sp³-hybridized carbons (Fsp3) is 0. The number of rotatable bonds is 3. The Labute approximate surface area is 133 Å². The number of aromatic nitrogens is 4. The van der Waals surface area contributed by atoms with E-state index in [1.54, 1.807) is 16.9 Å². The van der Waals surface area contributed by atoms with Gasteiger partial charge in [-0.25, -0.2) is 0 Å². The minimum atomic E-state index is -0.0958. The normalized spacial score (nSPS) is 10.9. The van der Waals surface area contributed by atoms with Gasteiger partial charge in [0.1, 0.15) is 11.3 Å². The first-order valence-corrected chi connectivity index (χ1v) is 8.11. The summed E-state index contributed by atoms with van der Waals surface area (Å²) in [7, 11) is 0. The van der Waals surface area contributed by atoms with Crippen LogP contribution < -0.4 is 5.32 Å². The van der Waals surface area contributed by atoms with Gasteiger partial charge in [0, 0.05) is 11.3 Å². The van der Waals surface area contributed by atoms with E-state index in [0.717, 1.165) is 21.2 Å². The summed E-state index contributed by atoms with van der Waals surface area (Å²) in [6, 6.07) is 11.2. The van der Waals surface area contributed by atoms with Crippen LogP contribution in [0.2, 0.25) is 0 Å². The lowest BCUT2D eigenvalue weighted by atomic mass is 10.2. The van der Waals surface area contributed by atoms with Crippen molar-refractivity contribution in [2.24, 2.45) is 0 Å². The summed E-state index contributed by atoms with van der Waals surface area (Å²) >= 11 is 2.89. The van der Waals surface area contributed by atoms with Crippen molar-refractivity contribution in [1.82, 2.24) is 19.8 Å². The number of anilines is 1. The summed E-state index contributed by atoms with van der Waals surface area (Å²) in [6.07, 6.45) is 1.57. The van der Waals surface area contributed by atoms with Gasteiger partial charge >= 0.3 is 0 Å². The molecular formula is C14H9N5OS2. The first-order valence-electron chi connectivity index (χ1n) is 6.42. The fourth-order valence-electron chi connectivity index (χ4n) is 1.97. The van der Waals surface area contributed by atoms with Gasteiger partial charge in [-0.3, -0.25) is 4.79 Å². The molecule has 3 heterocycles. The van der Waals surface area contributed by atoms with E-state index < -0.39 is 0 Å². The highest BCUT2D eigenvalue weighted by Gasteiger charge is 2.09. The molecule has 0 bridgehead atoms. The van der Waals surface area contributed by atoms with Crippen LogP contribution in [-0.4, -0.2) is 25.7 Å². The lowest BCUT2D eigenvalue weighted by Crippen LogP contribution is -2.09. The molecule has 1 N–H and O–H groups in total. The number of carbonyl (C=O) groups excluding carboxylic acids is 1. The molecule has 3 aromatic heterocycles. The van der Waals surface area contributed by atoms with Gasteiger partial charge in [0.15, 0.2) is 0 Å². The number of carbonyl (C=O) groups is 1. The molecule has 0 fully saturated rings. The van der Waals surface area contributed by atoms with Gasteiger partial charge in [-0.15, -0.1) is 21.5 Å². The molecule has 0 aliphatic carbocycles. The lowest BCUT2D eigenvalue weighted by molar-refractivity contribution is 0.103. The second-order valence-corrected chi connectivity index (χ2v) is 6.38. The number of amides is 1. The van der Waals surface area contributed by atoms with Crippen molar-refractivity contribution in [2.45, 2.75) is 0 Å². The molecule has 0 atom stereocenters. The van der Waals surface area contributed by atoms with E-state index >= 15 is 0 Å². The maximum absolute atomic E-state index is 12.0. The van der Waals surface area contributed by atoms with Crippen molar-refractivity contribution in [3.63, 3.8) is 0 Å². The summed E-state index contributed by atoms with van der Waals surface area (Å²) < 4.78 is 1.65. The highest BCUT2D eigenvalue weighted by atomic mass is 32.1. The molecule has 1 amide bonds. The first kappa shape index (κ1) is 13.1. The van der Waals surface area contributed by atoms with E-state index in [2.05, 4.69) is 20.6 Å². The first-order chi connectivity index (χ1) is 10.8. The SMILES string of the molecule is O=C(Nc1ccc(-c2nn3cnnc3s2)cc1)c1cccs1.